The SMILES string of the molecule is Cc1cc2sc(CCc3ccc(C)c4nsnc34)cc2s1. The second-order valence-corrected chi connectivity index (χ2v) is 8.29. The Balaban J connectivity index is 1.61. The first kappa shape index (κ1) is 13.4. The molecule has 0 N–H and O–H groups in total. The molecule has 0 saturated carbocycles. The van der Waals surface area contributed by atoms with E-state index in [4.69, 9.17) is 0 Å². The van der Waals surface area contributed by atoms with E-state index in [0.717, 1.165) is 23.9 Å². The molecule has 0 fully saturated rings. The highest BCUT2D eigenvalue weighted by atomic mass is 32.1. The third-order valence-corrected chi connectivity index (χ3v) is 6.52. The normalized spacial score (nSPS) is 11.7. The van der Waals surface area contributed by atoms with Gasteiger partial charge in [0.25, 0.3) is 0 Å². The highest BCUT2D eigenvalue weighted by Crippen LogP contribution is 2.33. The van der Waals surface area contributed by atoms with Gasteiger partial charge in [0.05, 0.1) is 11.7 Å². The second kappa shape index (κ2) is 5.16. The molecule has 0 bridgehead atoms. The maximum atomic E-state index is 4.47. The van der Waals surface area contributed by atoms with E-state index >= 15 is 0 Å². The molecule has 3 heterocycles. The minimum atomic E-state index is 1.04. The number of hydrogen-bond donors (Lipinski definition) is 0. The summed E-state index contributed by atoms with van der Waals surface area (Å²) < 4.78 is 11.7. The molecule has 4 aromatic rings. The fraction of sp³-hybridized carbons (Fsp3) is 0.250. The lowest BCUT2D eigenvalue weighted by molar-refractivity contribution is 0.988. The highest BCUT2D eigenvalue weighted by molar-refractivity contribution is 7.27. The van der Waals surface area contributed by atoms with Gasteiger partial charge in [-0.1, -0.05) is 12.1 Å². The number of benzene rings is 1. The molecule has 4 rings (SSSR count). The van der Waals surface area contributed by atoms with Crippen molar-refractivity contribution in [2.45, 2.75) is 26.7 Å². The lowest BCUT2D eigenvalue weighted by atomic mass is 10.0. The summed E-state index contributed by atoms with van der Waals surface area (Å²) in [5, 5.41) is 0. The summed E-state index contributed by atoms with van der Waals surface area (Å²) >= 11 is 5.13. The summed E-state index contributed by atoms with van der Waals surface area (Å²) in [6.45, 7) is 4.28. The predicted octanol–water partition coefficient (Wildman–Crippen LogP) is 5.37. The van der Waals surface area contributed by atoms with Gasteiger partial charge in [-0.25, -0.2) is 0 Å². The van der Waals surface area contributed by atoms with Gasteiger partial charge in [0, 0.05) is 19.2 Å². The zero-order valence-corrected chi connectivity index (χ0v) is 14.3. The average Bonchev–Trinajstić information content (AvgIpc) is 3.12. The Morgan fingerprint density at radius 3 is 2.57 bits per heavy atom. The topological polar surface area (TPSA) is 25.8 Å². The Labute approximate surface area is 135 Å². The van der Waals surface area contributed by atoms with Crippen LogP contribution in [0.25, 0.3) is 20.4 Å². The van der Waals surface area contributed by atoms with Crippen molar-refractivity contribution in [3.8, 4) is 0 Å². The van der Waals surface area contributed by atoms with Crippen molar-refractivity contribution in [1.29, 1.82) is 0 Å². The smallest absolute Gasteiger partial charge is 0.108 e. The summed E-state index contributed by atoms with van der Waals surface area (Å²) in [5.41, 5.74) is 4.70. The molecule has 5 heteroatoms. The molecule has 1 aromatic carbocycles. The minimum absolute atomic E-state index is 1.04. The Hall–Kier alpha value is -1.30. The van der Waals surface area contributed by atoms with Crippen molar-refractivity contribution < 1.29 is 0 Å². The van der Waals surface area contributed by atoms with E-state index in [1.807, 2.05) is 22.7 Å². The molecule has 3 aromatic heterocycles. The van der Waals surface area contributed by atoms with Crippen molar-refractivity contribution >= 4 is 54.8 Å². The van der Waals surface area contributed by atoms with E-state index in [1.165, 1.54) is 42.0 Å². The molecular weight excluding hydrogens is 316 g/mol. The van der Waals surface area contributed by atoms with Crippen molar-refractivity contribution in [2.75, 3.05) is 0 Å². The van der Waals surface area contributed by atoms with Crippen LogP contribution in [0.4, 0.5) is 0 Å². The monoisotopic (exact) mass is 330 g/mol. The molecule has 106 valence electrons. The molecule has 0 radical (unpaired) electrons. The summed E-state index contributed by atoms with van der Waals surface area (Å²) in [4.78, 5) is 2.87. The molecule has 0 atom stereocenters. The van der Waals surface area contributed by atoms with Crippen LogP contribution in [0.3, 0.4) is 0 Å². The number of rotatable bonds is 3. The van der Waals surface area contributed by atoms with E-state index < -0.39 is 0 Å². The lowest BCUT2D eigenvalue weighted by Crippen LogP contribution is -1.91. The number of hydrogen-bond acceptors (Lipinski definition) is 5. The Morgan fingerprint density at radius 2 is 1.71 bits per heavy atom. The molecule has 0 aliphatic carbocycles. The van der Waals surface area contributed by atoms with Crippen LogP contribution < -0.4 is 0 Å². The average molecular weight is 331 g/mol. The molecule has 0 spiro atoms. The van der Waals surface area contributed by atoms with Crippen LogP contribution in [0.2, 0.25) is 0 Å². The quantitative estimate of drug-likeness (QED) is 0.505. The minimum Gasteiger partial charge on any atom is -0.173 e. The van der Waals surface area contributed by atoms with Crippen molar-refractivity contribution in [2.24, 2.45) is 0 Å². The third kappa shape index (κ3) is 2.39. The van der Waals surface area contributed by atoms with Gasteiger partial charge in [0.1, 0.15) is 11.0 Å². The number of thiophene rings is 2. The zero-order valence-electron chi connectivity index (χ0n) is 11.8. The molecule has 0 unspecified atom stereocenters. The van der Waals surface area contributed by atoms with Crippen LogP contribution in [-0.2, 0) is 12.8 Å². The summed E-state index contributed by atoms with van der Waals surface area (Å²) in [6.07, 6.45) is 2.12. The van der Waals surface area contributed by atoms with E-state index in [1.54, 1.807) is 0 Å². The number of aromatic nitrogens is 2. The van der Waals surface area contributed by atoms with Gasteiger partial charge in [-0.15, -0.1) is 22.7 Å². The van der Waals surface area contributed by atoms with Crippen LogP contribution in [0, 0.1) is 13.8 Å². The number of fused-ring (bicyclic) bond motifs is 2. The van der Waals surface area contributed by atoms with Crippen LogP contribution >= 0.6 is 34.4 Å². The molecule has 0 amide bonds. The van der Waals surface area contributed by atoms with Crippen molar-refractivity contribution in [1.82, 2.24) is 8.75 Å². The standard InChI is InChI=1S/C16H14N2S3/c1-9-3-4-11(16-15(9)17-21-18-16)5-6-12-8-14-13(20-12)7-10(2)19-14/h3-4,7-8H,5-6H2,1-2H3. The third-order valence-electron chi connectivity index (χ3n) is 3.72. The lowest BCUT2D eigenvalue weighted by Gasteiger charge is -2.02. The molecule has 21 heavy (non-hydrogen) atoms. The summed E-state index contributed by atoms with van der Waals surface area (Å²) in [5.74, 6) is 0. The largest absolute Gasteiger partial charge is 0.173 e. The van der Waals surface area contributed by atoms with Crippen LogP contribution in [-0.4, -0.2) is 8.75 Å². The number of aryl methyl sites for hydroxylation is 4. The highest BCUT2D eigenvalue weighted by Gasteiger charge is 2.10. The Kier molecular flexibility index (Phi) is 3.28. The Morgan fingerprint density at radius 1 is 0.905 bits per heavy atom. The number of nitrogens with zero attached hydrogens (tertiary/aromatic N) is 2. The summed E-state index contributed by atoms with van der Waals surface area (Å²) in [7, 11) is 0. The van der Waals surface area contributed by atoms with E-state index in [0.29, 0.717) is 0 Å². The Bertz CT molecular complexity index is 898. The van der Waals surface area contributed by atoms with Gasteiger partial charge in [-0.05, 0) is 49.9 Å². The molecular formula is C16H14N2S3. The van der Waals surface area contributed by atoms with E-state index in [2.05, 4.69) is 46.9 Å². The van der Waals surface area contributed by atoms with Crippen LogP contribution in [0.5, 0.6) is 0 Å². The zero-order chi connectivity index (χ0) is 14.4. The fourth-order valence-corrected chi connectivity index (χ4v) is 5.61. The fourth-order valence-electron chi connectivity index (χ4n) is 2.63. The van der Waals surface area contributed by atoms with Crippen molar-refractivity contribution in [3.05, 3.63) is 45.1 Å². The van der Waals surface area contributed by atoms with E-state index in [-0.39, 0.29) is 0 Å². The van der Waals surface area contributed by atoms with Crippen LogP contribution in [0.15, 0.2) is 24.3 Å². The second-order valence-electron chi connectivity index (χ2n) is 5.30. The molecule has 0 aliphatic heterocycles. The van der Waals surface area contributed by atoms with Gasteiger partial charge < -0.3 is 0 Å². The predicted molar refractivity (Wildman–Crippen MR) is 94.0 cm³/mol. The first-order valence-electron chi connectivity index (χ1n) is 6.90. The first-order chi connectivity index (χ1) is 10.2. The summed E-state index contributed by atoms with van der Waals surface area (Å²) in [6, 6.07) is 9.01. The van der Waals surface area contributed by atoms with Crippen LogP contribution in [0.1, 0.15) is 20.9 Å². The molecule has 0 saturated heterocycles. The van der Waals surface area contributed by atoms with Gasteiger partial charge in [0.2, 0.25) is 0 Å². The van der Waals surface area contributed by atoms with Gasteiger partial charge in [-0.2, -0.15) is 8.75 Å². The molecule has 2 nitrogen and oxygen atoms in total. The first-order valence-corrected chi connectivity index (χ1v) is 9.26. The van der Waals surface area contributed by atoms with Crippen molar-refractivity contribution in [3.63, 3.8) is 0 Å². The van der Waals surface area contributed by atoms with Gasteiger partial charge in [0.15, 0.2) is 0 Å². The van der Waals surface area contributed by atoms with E-state index in [9.17, 15) is 0 Å². The van der Waals surface area contributed by atoms with Gasteiger partial charge >= 0.3 is 0 Å². The van der Waals surface area contributed by atoms with Gasteiger partial charge in [-0.3, -0.25) is 0 Å². The maximum absolute atomic E-state index is 4.47. The molecule has 0 aliphatic rings. The maximum Gasteiger partial charge on any atom is 0.108 e.